The summed E-state index contributed by atoms with van der Waals surface area (Å²) in [7, 11) is 0. The van der Waals surface area contributed by atoms with Gasteiger partial charge in [0.15, 0.2) is 0 Å². The van der Waals surface area contributed by atoms with E-state index in [0.717, 1.165) is 17.7 Å². The second-order valence-corrected chi connectivity index (χ2v) is 7.51. The summed E-state index contributed by atoms with van der Waals surface area (Å²) in [5.74, 6) is 0.691. The summed E-state index contributed by atoms with van der Waals surface area (Å²) in [6.07, 6.45) is 5.46. The van der Waals surface area contributed by atoms with E-state index in [9.17, 15) is 0 Å². The van der Waals surface area contributed by atoms with Crippen LogP contribution in [-0.4, -0.2) is 0 Å². The predicted molar refractivity (Wildman–Crippen MR) is 99.3 cm³/mol. The van der Waals surface area contributed by atoms with E-state index in [1.165, 1.54) is 5.56 Å². The van der Waals surface area contributed by atoms with E-state index in [1.54, 1.807) is 6.07 Å². The second-order valence-electron chi connectivity index (χ2n) is 5.94. The van der Waals surface area contributed by atoms with Crippen molar-refractivity contribution in [1.82, 2.24) is 0 Å². The Kier molecular flexibility index (Phi) is 4.01. The minimum absolute atomic E-state index is 0.0460. The zero-order valence-electron chi connectivity index (χ0n) is 12.0. The van der Waals surface area contributed by atoms with Gasteiger partial charge in [0.05, 0.1) is 31.8 Å². The topological polar surface area (TPSA) is 12.0 Å². The SMILES string of the molecule is Clc1cccc([C@@H]2Nc3c(ccc(Cl)c3Cl)[C@H]3C=CC[C@@H]32)c1Cl. The van der Waals surface area contributed by atoms with Crippen LogP contribution >= 0.6 is 46.4 Å². The van der Waals surface area contributed by atoms with Crippen molar-refractivity contribution in [2.75, 3.05) is 5.32 Å². The predicted octanol–water partition coefficient (Wildman–Crippen LogP) is 7.13. The fraction of sp³-hybridized carbons (Fsp3) is 0.222. The van der Waals surface area contributed by atoms with Crippen molar-refractivity contribution in [1.29, 1.82) is 0 Å². The Hall–Kier alpha value is -0.860. The zero-order chi connectivity index (χ0) is 16.1. The Bertz CT molecular complexity index is 815. The molecular formula is C18H13Cl4N. The maximum absolute atomic E-state index is 6.46. The fourth-order valence-electron chi connectivity index (χ4n) is 3.67. The monoisotopic (exact) mass is 383 g/mol. The van der Waals surface area contributed by atoms with Gasteiger partial charge in [-0.25, -0.2) is 0 Å². The molecule has 1 N–H and O–H groups in total. The van der Waals surface area contributed by atoms with E-state index in [2.05, 4.69) is 23.5 Å². The van der Waals surface area contributed by atoms with Crippen molar-refractivity contribution < 1.29 is 0 Å². The molecule has 23 heavy (non-hydrogen) atoms. The highest BCUT2D eigenvalue weighted by Gasteiger charge is 2.39. The molecule has 0 saturated heterocycles. The average Bonchev–Trinajstić information content (AvgIpc) is 3.03. The van der Waals surface area contributed by atoms with Gasteiger partial charge in [-0.3, -0.25) is 0 Å². The van der Waals surface area contributed by atoms with E-state index in [4.69, 9.17) is 46.4 Å². The van der Waals surface area contributed by atoms with Crippen molar-refractivity contribution in [3.63, 3.8) is 0 Å². The van der Waals surface area contributed by atoms with E-state index in [1.807, 2.05) is 18.2 Å². The van der Waals surface area contributed by atoms with Crippen LogP contribution in [0.1, 0.15) is 29.5 Å². The molecule has 1 heterocycles. The molecule has 0 unspecified atom stereocenters. The lowest BCUT2D eigenvalue weighted by Gasteiger charge is -2.38. The third-order valence-corrected chi connectivity index (χ3v) is 6.38. The van der Waals surface area contributed by atoms with Gasteiger partial charge in [-0.2, -0.15) is 0 Å². The fourth-order valence-corrected chi connectivity index (χ4v) is 4.48. The summed E-state index contributed by atoms with van der Waals surface area (Å²) >= 11 is 25.3. The molecule has 0 saturated carbocycles. The molecular weight excluding hydrogens is 372 g/mol. The van der Waals surface area contributed by atoms with E-state index < -0.39 is 0 Å². The molecule has 0 spiro atoms. The molecule has 2 aromatic rings. The van der Waals surface area contributed by atoms with Gasteiger partial charge in [-0.1, -0.05) is 76.8 Å². The number of rotatable bonds is 1. The summed E-state index contributed by atoms with van der Waals surface area (Å²) in [4.78, 5) is 0. The summed E-state index contributed by atoms with van der Waals surface area (Å²) in [5, 5.41) is 5.84. The van der Waals surface area contributed by atoms with Gasteiger partial charge in [0, 0.05) is 5.92 Å². The highest BCUT2D eigenvalue weighted by molar-refractivity contribution is 6.44. The Morgan fingerprint density at radius 2 is 1.65 bits per heavy atom. The standard InChI is InChI=1S/C18H13Cl4N/c19-13-6-2-5-12(15(13)21)17-10-4-1-3-9(10)11-7-8-14(20)16(22)18(11)23-17/h1-3,5-10,17,23H,4H2/t9-,10-,17+/m0/s1. The van der Waals surface area contributed by atoms with Crippen molar-refractivity contribution in [3.05, 3.63) is 73.7 Å². The minimum atomic E-state index is 0.0460. The van der Waals surface area contributed by atoms with Crippen LogP contribution in [-0.2, 0) is 0 Å². The normalized spacial score (nSPS) is 25.0. The Morgan fingerprint density at radius 3 is 2.48 bits per heavy atom. The van der Waals surface area contributed by atoms with Crippen LogP contribution in [0.4, 0.5) is 5.69 Å². The second kappa shape index (κ2) is 5.89. The molecule has 4 rings (SSSR count). The molecule has 0 amide bonds. The minimum Gasteiger partial charge on any atom is -0.376 e. The lowest BCUT2D eigenvalue weighted by Crippen LogP contribution is -2.29. The van der Waals surface area contributed by atoms with Gasteiger partial charge in [0.25, 0.3) is 0 Å². The molecule has 3 atom stereocenters. The number of nitrogens with one attached hydrogen (secondary N) is 1. The molecule has 2 aromatic carbocycles. The van der Waals surface area contributed by atoms with Gasteiger partial charge in [0.2, 0.25) is 0 Å². The number of benzene rings is 2. The largest absolute Gasteiger partial charge is 0.376 e. The van der Waals surface area contributed by atoms with E-state index in [0.29, 0.717) is 31.9 Å². The van der Waals surface area contributed by atoms with Gasteiger partial charge in [0.1, 0.15) is 0 Å². The van der Waals surface area contributed by atoms with Gasteiger partial charge < -0.3 is 5.32 Å². The summed E-state index contributed by atoms with van der Waals surface area (Å²) in [5.41, 5.74) is 3.08. The average molecular weight is 385 g/mol. The Morgan fingerprint density at radius 1 is 0.870 bits per heavy atom. The van der Waals surface area contributed by atoms with Gasteiger partial charge in [-0.15, -0.1) is 0 Å². The van der Waals surface area contributed by atoms with Crippen LogP contribution in [0.15, 0.2) is 42.5 Å². The van der Waals surface area contributed by atoms with Gasteiger partial charge in [-0.05, 0) is 35.6 Å². The third kappa shape index (κ3) is 2.46. The number of fused-ring (bicyclic) bond motifs is 3. The highest BCUT2D eigenvalue weighted by atomic mass is 35.5. The maximum atomic E-state index is 6.46. The van der Waals surface area contributed by atoms with Gasteiger partial charge >= 0.3 is 0 Å². The summed E-state index contributed by atoms with van der Waals surface area (Å²) in [6.45, 7) is 0. The quantitative estimate of drug-likeness (QED) is 0.515. The van der Waals surface area contributed by atoms with E-state index >= 15 is 0 Å². The van der Waals surface area contributed by atoms with Crippen molar-refractivity contribution in [3.8, 4) is 0 Å². The number of allylic oxidation sites excluding steroid dienone is 2. The van der Waals surface area contributed by atoms with Crippen molar-refractivity contribution in [2.24, 2.45) is 5.92 Å². The first-order valence-electron chi connectivity index (χ1n) is 7.43. The zero-order valence-corrected chi connectivity index (χ0v) is 15.0. The number of anilines is 1. The maximum Gasteiger partial charge on any atom is 0.0826 e. The molecule has 2 aliphatic rings. The molecule has 0 bridgehead atoms. The van der Waals surface area contributed by atoms with Crippen molar-refractivity contribution in [2.45, 2.75) is 18.4 Å². The molecule has 1 nitrogen and oxygen atoms in total. The first-order valence-corrected chi connectivity index (χ1v) is 8.94. The van der Waals surface area contributed by atoms with Crippen LogP contribution in [0.2, 0.25) is 20.1 Å². The first-order chi connectivity index (χ1) is 11.1. The molecule has 0 aromatic heterocycles. The molecule has 0 radical (unpaired) electrons. The van der Waals surface area contributed by atoms with Crippen LogP contribution in [0.25, 0.3) is 0 Å². The summed E-state index contributed by atoms with van der Waals surface area (Å²) < 4.78 is 0. The number of hydrogen-bond donors (Lipinski definition) is 1. The summed E-state index contributed by atoms with van der Waals surface area (Å²) in [6, 6.07) is 9.71. The Balaban J connectivity index is 1.87. The lowest BCUT2D eigenvalue weighted by atomic mass is 9.77. The molecule has 1 aliphatic carbocycles. The third-order valence-electron chi connectivity index (χ3n) is 4.74. The molecule has 118 valence electrons. The van der Waals surface area contributed by atoms with Crippen molar-refractivity contribution >= 4 is 52.1 Å². The molecule has 5 heteroatoms. The van der Waals surface area contributed by atoms with Crippen LogP contribution in [0.3, 0.4) is 0 Å². The van der Waals surface area contributed by atoms with E-state index in [-0.39, 0.29) is 6.04 Å². The number of halogens is 4. The first kappa shape index (κ1) is 15.7. The van der Waals surface area contributed by atoms with Crippen LogP contribution in [0, 0.1) is 5.92 Å². The molecule has 0 fully saturated rings. The molecule has 1 aliphatic heterocycles. The van der Waals surface area contributed by atoms with Crippen LogP contribution in [0.5, 0.6) is 0 Å². The van der Waals surface area contributed by atoms with Crippen LogP contribution < -0.4 is 5.32 Å². The lowest BCUT2D eigenvalue weighted by molar-refractivity contribution is 0.426. The smallest absolute Gasteiger partial charge is 0.0826 e. The number of hydrogen-bond acceptors (Lipinski definition) is 1. The Labute approximate surface area is 155 Å². The highest BCUT2D eigenvalue weighted by Crippen LogP contribution is 2.53.